The van der Waals surface area contributed by atoms with E-state index in [1.807, 2.05) is 4.90 Å². The van der Waals surface area contributed by atoms with Gasteiger partial charge in [0.25, 0.3) is 5.91 Å². The molecule has 0 bridgehead atoms. The van der Waals surface area contributed by atoms with E-state index in [4.69, 9.17) is 0 Å². The maximum Gasteiger partial charge on any atom is 0.257 e. The number of likely N-dealkylation sites (tertiary alicyclic amines) is 1. The molecule has 2 unspecified atom stereocenters. The summed E-state index contributed by atoms with van der Waals surface area (Å²) in [4.78, 5) is 14.5. The van der Waals surface area contributed by atoms with Gasteiger partial charge in [-0.3, -0.25) is 4.79 Å². The summed E-state index contributed by atoms with van der Waals surface area (Å²) in [7, 11) is 0. The summed E-state index contributed by atoms with van der Waals surface area (Å²) in [6, 6.07) is 5.19. The average molecular weight is 355 g/mol. The highest BCUT2D eigenvalue weighted by Gasteiger charge is 2.32. The van der Waals surface area contributed by atoms with E-state index < -0.39 is 5.82 Å². The van der Waals surface area contributed by atoms with Gasteiger partial charge in [0.2, 0.25) is 0 Å². The lowest BCUT2D eigenvalue weighted by atomic mass is 9.89. The summed E-state index contributed by atoms with van der Waals surface area (Å²) < 4.78 is 14.5. The molecule has 2 heterocycles. The van der Waals surface area contributed by atoms with Crippen LogP contribution < -0.4 is 5.32 Å². The highest BCUT2D eigenvalue weighted by Crippen LogP contribution is 2.28. The summed E-state index contributed by atoms with van der Waals surface area (Å²) >= 11 is 3.30. The van der Waals surface area contributed by atoms with Crippen LogP contribution in [-0.4, -0.2) is 36.5 Å². The van der Waals surface area contributed by atoms with Crippen LogP contribution in [0.2, 0.25) is 0 Å². The lowest BCUT2D eigenvalue weighted by Gasteiger charge is -2.36. The Morgan fingerprint density at radius 2 is 2.19 bits per heavy atom. The molecule has 0 spiro atoms. The average Bonchev–Trinajstić information content (AvgIpc) is 3.01. The van der Waals surface area contributed by atoms with Crippen molar-refractivity contribution < 1.29 is 9.18 Å². The van der Waals surface area contributed by atoms with Gasteiger partial charge in [0.15, 0.2) is 0 Å². The highest BCUT2D eigenvalue weighted by molar-refractivity contribution is 9.10. The Balaban J connectivity index is 1.75. The van der Waals surface area contributed by atoms with Gasteiger partial charge >= 0.3 is 0 Å². The topological polar surface area (TPSA) is 32.3 Å². The van der Waals surface area contributed by atoms with Crippen LogP contribution in [0.3, 0.4) is 0 Å². The van der Waals surface area contributed by atoms with E-state index in [-0.39, 0.29) is 11.5 Å². The Morgan fingerprint density at radius 1 is 1.33 bits per heavy atom. The minimum Gasteiger partial charge on any atom is -0.338 e. The highest BCUT2D eigenvalue weighted by atomic mass is 79.9. The second-order valence-electron chi connectivity index (χ2n) is 5.95. The number of halogens is 2. The standard InChI is InChI=1S/C16H20BrFN2O/c17-12-5-1-6-13(18)15(12)16(21)20-9-3-4-11(10-20)14-7-2-8-19-14/h1,5-6,11,14,19H,2-4,7-10H2. The second kappa shape index (κ2) is 6.44. The van der Waals surface area contributed by atoms with Gasteiger partial charge in [-0.05, 0) is 66.2 Å². The van der Waals surface area contributed by atoms with E-state index in [0.29, 0.717) is 16.4 Å². The Bertz CT molecular complexity index is 511. The molecule has 0 radical (unpaired) electrons. The first-order chi connectivity index (χ1) is 10.2. The quantitative estimate of drug-likeness (QED) is 0.884. The van der Waals surface area contributed by atoms with Crippen molar-refractivity contribution >= 4 is 21.8 Å². The molecule has 114 valence electrons. The fourth-order valence-electron chi connectivity index (χ4n) is 3.50. The monoisotopic (exact) mass is 354 g/mol. The molecule has 3 rings (SSSR count). The molecule has 2 aliphatic heterocycles. The van der Waals surface area contributed by atoms with Crippen molar-refractivity contribution in [2.45, 2.75) is 31.7 Å². The minimum absolute atomic E-state index is 0.164. The first kappa shape index (κ1) is 15.0. The van der Waals surface area contributed by atoms with Crippen LogP contribution in [0.15, 0.2) is 22.7 Å². The van der Waals surface area contributed by atoms with Crippen molar-refractivity contribution in [2.24, 2.45) is 5.92 Å². The van der Waals surface area contributed by atoms with Gasteiger partial charge < -0.3 is 10.2 Å². The number of piperidine rings is 1. The van der Waals surface area contributed by atoms with E-state index in [1.54, 1.807) is 12.1 Å². The molecule has 0 saturated carbocycles. The van der Waals surface area contributed by atoms with Crippen molar-refractivity contribution in [3.63, 3.8) is 0 Å². The van der Waals surface area contributed by atoms with Crippen LogP contribution >= 0.6 is 15.9 Å². The minimum atomic E-state index is -0.449. The Morgan fingerprint density at radius 3 is 2.90 bits per heavy atom. The number of benzene rings is 1. The zero-order valence-electron chi connectivity index (χ0n) is 11.9. The second-order valence-corrected chi connectivity index (χ2v) is 6.81. The van der Waals surface area contributed by atoms with Crippen LogP contribution in [0.1, 0.15) is 36.0 Å². The lowest BCUT2D eigenvalue weighted by molar-refractivity contribution is 0.0645. The predicted octanol–water partition coefficient (Wildman–Crippen LogP) is 3.19. The number of rotatable bonds is 2. The Kier molecular flexibility index (Phi) is 4.60. The van der Waals surface area contributed by atoms with E-state index in [9.17, 15) is 9.18 Å². The molecule has 0 aromatic heterocycles. The summed E-state index contributed by atoms with van der Waals surface area (Å²) in [6.07, 6.45) is 4.56. The summed E-state index contributed by atoms with van der Waals surface area (Å²) in [6.45, 7) is 2.54. The molecule has 1 N–H and O–H groups in total. The molecular weight excluding hydrogens is 335 g/mol. The molecule has 21 heavy (non-hydrogen) atoms. The van der Waals surface area contributed by atoms with Crippen LogP contribution in [-0.2, 0) is 0 Å². The van der Waals surface area contributed by atoms with Gasteiger partial charge in [-0.15, -0.1) is 0 Å². The molecule has 2 saturated heterocycles. The van der Waals surface area contributed by atoms with Gasteiger partial charge in [0.1, 0.15) is 5.82 Å². The first-order valence-corrected chi connectivity index (χ1v) is 8.43. The van der Waals surface area contributed by atoms with Crippen LogP contribution in [0.25, 0.3) is 0 Å². The summed E-state index contributed by atoms with van der Waals surface area (Å²) in [5.41, 5.74) is 0.164. The zero-order valence-corrected chi connectivity index (χ0v) is 13.5. The molecule has 0 aliphatic carbocycles. The summed E-state index contributed by atoms with van der Waals surface area (Å²) in [5, 5.41) is 3.53. The number of carbonyl (C=O) groups excluding carboxylic acids is 1. The first-order valence-electron chi connectivity index (χ1n) is 7.63. The molecule has 1 aromatic rings. The Labute approximate surface area is 133 Å². The zero-order chi connectivity index (χ0) is 14.8. The molecule has 1 aromatic carbocycles. The molecule has 2 atom stereocenters. The maximum absolute atomic E-state index is 14.0. The van der Waals surface area contributed by atoms with E-state index in [2.05, 4.69) is 21.2 Å². The number of hydrogen-bond acceptors (Lipinski definition) is 2. The smallest absolute Gasteiger partial charge is 0.257 e. The van der Waals surface area contributed by atoms with Crippen LogP contribution in [0.4, 0.5) is 4.39 Å². The fourth-order valence-corrected chi connectivity index (χ4v) is 4.01. The van der Waals surface area contributed by atoms with E-state index in [0.717, 1.165) is 32.5 Å². The van der Waals surface area contributed by atoms with Gasteiger partial charge in [0, 0.05) is 23.6 Å². The van der Waals surface area contributed by atoms with Gasteiger partial charge in [-0.1, -0.05) is 6.07 Å². The third kappa shape index (κ3) is 3.14. The number of hydrogen-bond donors (Lipinski definition) is 1. The lowest BCUT2D eigenvalue weighted by Crippen LogP contribution is -2.46. The van der Waals surface area contributed by atoms with Gasteiger partial charge in [0.05, 0.1) is 5.56 Å². The normalized spacial score (nSPS) is 26.1. The van der Waals surface area contributed by atoms with Gasteiger partial charge in [-0.25, -0.2) is 4.39 Å². The Hall–Kier alpha value is -0.940. The van der Waals surface area contributed by atoms with E-state index in [1.165, 1.54) is 18.9 Å². The summed E-state index contributed by atoms with van der Waals surface area (Å²) in [5.74, 6) is -0.145. The third-order valence-electron chi connectivity index (χ3n) is 4.59. The molecule has 2 fully saturated rings. The van der Waals surface area contributed by atoms with Crippen molar-refractivity contribution in [2.75, 3.05) is 19.6 Å². The SMILES string of the molecule is O=C(c1c(F)cccc1Br)N1CCCC(C2CCCN2)C1. The predicted molar refractivity (Wildman–Crippen MR) is 83.8 cm³/mol. The molecule has 2 aliphatic rings. The maximum atomic E-state index is 14.0. The van der Waals surface area contributed by atoms with Crippen LogP contribution in [0, 0.1) is 11.7 Å². The van der Waals surface area contributed by atoms with Crippen molar-refractivity contribution in [1.82, 2.24) is 10.2 Å². The van der Waals surface area contributed by atoms with Crippen LogP contribution in [0.5, 0.6) is 0 Å². The fraction of sp³-hybridized carbons (Fsp3) is 0.562. The molecule has 3 nitrogen and oxygen atoms in total. The van der Waals surface area contributed by atoms with Crippen molar-refractivity contribution in [1.29, 1.82) is 0 Å². The molecule has 1 amide bonds. The number of carbonyl (C=O) groups is 1. The third-order valence-corrected chi connectivity index (χ3v) is 5.25. The molecular formula is C16H20BrFN2O. The van der Waals surface area contributed by atoms with Crippen molar-refractivity contribution in [3.05, 3.63) is 34.1 Å². The largest absolute Gasteiger partial charge is 0.338 e. The van der Waals surface area contributed by atoms with E-state index >= 15 is 0 Å². The number of amides is 1. The van der Waals surface area contributed by atoms with Gasteiger partial charge in [-0.2, -0.15) is 0 Å². The number of nitrogens with zero attached hydrogens (tertiary/aromatic N) is 1. The molecule has 5 heteroatoms. The van der Waals surface area contributed by atoms with Crippen molar-refractivity contribution in [3.8, 4) is 0 Å². The number of nitrogens with one attached hydrogen (secondary N) is 1.